The second-order valence-corrected chi connectivity index (χ2v) is 8.52. The van der Waals surface area contributed by atoms with Crippen LogP contribution in [0, 0.1) is 0 Å². The van der Waals surface area contributed by atoms with Gasteiger partial charge in [-0.1, -0.05) is 45.7 Å². The van der Waals surface area contributed by atoms with E-state index in [4.69, 9.17) is 26.1 Å². The molecule has 0 amide bonds. The van der Waals surface area contributed by atoms with Crippen molar-refractivity contribution >= 4 is 33.2 Å². The Kier molecular flexibility index (Phi) is 5.15. The fraction of sp³-hybridized carbons (Fsp3) is 0.174. The zero-order valence-corrected chi connectivity index (χ0v) is 18.2. The highest BCUT2D eigenvalue weighted by molar-refractivity contribution is 9.10. The van der Waals surface area contributed by atoms with E-state index in [2.05, 4.69) is 21.2 Å². The molecule has 0 saturated heterocycles. The van der Waals surface area contributed by atoms with Crippen LogP contribution in [0.25, 0.3) is 0 Å². The fourth-order valence-corrected chi connectivity index (χ4v) is 4.44. The Morgan fingerprint density at radius 2 is 1.83 bits per heavy atom. The topological polar surface area (TPSA) is 63.1 Å². The highest BCUT2D eigenvalue weighted by Crippen LogP contribution is 2.39. The Bertz CT molecular complexity index is 1150. The van der Waals surface area contributed by atoms with Crippen LogP contribution in [0.5, 0.6) is 17.2 Å². The number of aromatic hydroxyl groups is 1. The minimum atomic E-state index is -0.351. The Morgan fingerprint density at radius 3 is 2.70 bits per heavy atom. The van der Waals surface area contributed by atoms with E-state index in [-0.39, 0.29) is 24.8 Å². The molecular formula is C23H18BrClN2O3. The molecule has 3 aromatic rings. The van der Waals surface area contributed by atoms with Crippen molar-refractivity contribution in [2.24, 2.45) is 4.99 Å². The van der Waals surface area contributed by atoms with Gasteiger partial charge in [0.05, 0.1) is 0 Å². The van der Waals surface area contributed by atoms with Gasteiger partial charge in [-0.2, -0.15) is 0 Å². The molecule has 2 heterocycles. The first-order valence-electron chi connectivity index (χ1n) is 9.54. The van der Waals surface area contributed by atoms with Crippen molar-refractivity contribution in [3.8, 4) is 17.2 Å². The zero-order valence-electron chi connectivity index (χ0n) is 15.8. The van der Waals surface area contributed by atoms with Gasteiger partial charge in [-0.3, -0.25) is 10.3 Å². The van der Waals surface area contributed by atoms with Crippen molar-refractivity contribution in [1.82, 2.24) is 5.32 Å². The highest BCUT2D eigenvalue weighted by atomic mass is 79.9. The molecule has 0 aliphatic carbocycles. The van der Waals surface area contributed by atoms with Crippen LogP contribution < -0.4 is 14.8 Å². The third-order valence-electron chi connectivity index (χ3n) is 5.31. The summed E-state index contributed by atoms with van der Waals surface area (Å²) in [5, 5.41) is 14.7. The van der Waals surface area contributed by atoms with E-state index in [1.807, 2.05) is 54.6 Å². The Balaban J connectivity index is 1.59. The lowest BCUT2D eigenvalue weighted by Crippen LogP contribution is -2.33. The zero-order chi connectivity index (χ0) is 20.7. The van der Waals surface area contributed by atoms with Gasteiger partial charge in [0.1, 0.15) is 11.9 Å². The number of benzene rings is 3. The molecule has 152 valence electrons. The molecule has 30 heavy (non-hydrogen) atoms. The molecule has 0 radical (unpaired) electrons. The SMILES string of the molecule is Oc1ccc(Br)cc1C1CC(c2ccc3c(c2)OCO3)=NC(c2ccccc2Cl)N1. The largest absolute Gasteiger partial charge is 0.508 e. The third-order valence-corrected chi connectivity index (χ3v) is 6.15. The number of nitrogens with zero attached hydrogens (tertiary/aromatic N) is 1. The van der Waals surface area contributed by atoms with Crippen molar-refractivity contribution in [3.05, 3.63) is 86.8 Å². The molecule has 2 N–H and O–H groups in total. The number of phenols is 1. The lowest BCUT2D eigenvalue weighted by Gasteiger charge is -2.31. The fourth-order valence-electron chi connectivity index (χ4n) is 3.82. The monoisotopic (exact) mass is 484 g/mol. The number of hydrogen-bond acceptors (Lipinski definition) is 5. The number of hydrogen-bond donors (Lipinski definition) is 2. The van der Waals surface area contributed by atoms with E-state index < -0.39 is 0 Å². The minimum Gasteiger partial charge on any atom is -0.508 e. The van der Waals surface area contributed by atoms with Gasteiger partial charge in [0.2, 0.25) is 6.79 Å². The molecule has 0 bridgehead atoms. The maximum absolute atomic E-state index is 10.5. The normalized spacial score (nSPS) is 20.1. The first-order valence-corrected chi connectivity index (χ1v) is 10.7. The Hall–Kier alpha value is -2.54. The summed E-state index contributed by atoms with van der Waals surface area (Å²) in [7, 11) is 0. The summed E-state index contributed by atoms with van der Waals surface area (Å²) in [6, 6.07) is 18.8. The summed E-state index contributed by atoms with van der Waals surface area (Å²) >= 11 is 9.98. The van der Waals surface area contributed by atoms with E-state index in [1.54, 1.807) is 6.07 Å². The average molecular weight is 486 g/mol. The smallest absolute Gasteiger partial charge is 0.231 e. The number of nitrogens with one attached hydrogen (secondary N) is 1. The quantitative estimate of drug-likeness (QED) is 0.495. The first kappa shape index (κ1) is 19.4. The molecule has 2 atom stereocenters. The second-order valence-electron chi connectivity index (χ2n) is 7.19. The van der Waals surface area contributed by atoms with Crippen LogP contribution in [-0.2, 0) is 0 Å². The highest BCUT2D eigenvalue weighted by Gasteiger charge is 2.29. The maximum atomic E-state index is 10.5. The summed E-state index contributed by atoms with van der Waals surface area (Å²) < 4.78 is 11.9. The van der Waals surface area contributed by atoms with Gasteiger partial charge in [-0.15, -0.1) is 0 Å². The third kappa shape index (κ3) is 3.67. The summed E-state index contributed by atoms with van der Waals surface area (Å²) in [6.45, 7) is 0.226. The predicted molar refractivity (Wildman–Crippen MR) is 120 cm³/mol. The molecule has 0 aromatic heterocycles. The van der Waals surface area contributed by atoms with Crippen LogP contribution in [-0.4, -0.2) is 17.6 Å². The number of rotatable bonds is 3. The molecule has 7 heteroatoms. The first-order chi connectivity index (χ1) is 14.6. The van der Waals surface area contributed by atoms with Crippen molar-refractivity contribution in [2.45, 2.75) is 18.6 Å². The number of phenolic OH excluding ortho intramolecular Hbond substituents is 1. The van der Waals surface area contributed by atoms with Gasteiger partial charge >= 0.3 is 0 Å². The van der Waals surface area contributed by atoms with Gasteiger partial charge in [-0.05, 0) is 48.0 Å². The lowest BCUT2D eigenvalue weighted by atomic mass is 9.93. The Morgan fingerprint density at radius 1 is 1.00 bits per heavy atom. The molecule has 0 fully saturated rings. The summed E-state index contributed by atoms with van der Waals surface area (Å²) in [4.78, 5) is 4.97. The van der Waals surface area contributed by atoms with Crippen molar-refractivity contribution in [1.29, 1.82) is 0 Å². The molecule has 3 aromatic carbocycles. The number of fused-ring (bicyclic) bond motifs is 1. The van der Waals surface area contributed by atoms with E-state index in [9.17, 15) is 5.11 Å². The van der Waals surface area contributed by atoms with Crippen LogP contribution in [0.15, 0.2) is 70.1 Å². The van der Waals surface area contributed by atoms with Crippen LogP contribution in [0.3, 0.4) is 0 Å². The molecule has 0 spiro atoms. The molecule has 2 aliphatic heterocycles. The molecule has 2 aliphatic rings. The molecule has 5 nitrogen and oxygen atoms in total. The molecular weight excluding hydrogens is 468 g/mol. The minimum absolute atomic E-state index is 0.151. The average Bonchev–Trinajstić information content (AvgIpc) is 3.23. The van der Waals surface area contributed by atoms with E-state index in [0.717, 1.165) is 32.6 Å². The number of aliphatic imine (C=N–C) groups is 1. The van der Waals surface area contributed by atoms with Crippen LogP contribution >= 0.6 is 27.5 Å². The van der Waals surface area contributed by atoms with Crippen molar-refractivity contribution < 1.29 is 14.6 Å². The Labute approximate surface area is 187 Å². The van der Waals surface area contributed by atoms with E-state index >= 15 is 0 Å². The summed E-state index contributed by atoms with van der Waals surface area (Å²) in [5.74, 6) is 1.68. The molecule has 0 saturated carbocycles. The van der Waals surface area contributed by atoms with Crippen molar-refractivity contribution in [2.75, 3.05) is 6.79 Å². The molecule has 2 unspecified atom stereocenters. The number of ether oxygens (including phenoxy) is 2. The van der Waals surface area contributed by atoms with Gasteiger partial charge in [0.25, 0.3) is 0 Å². The maximum Gasteiger partial charge on any atom is 0.231 e. The van der Waals surface area contributed by atoms with Gasteiger partial charge in [-0.25, -0.2) is 0 Å². The predicted octanol–water partition coefficient (Wildman–Crippen LogP) is 5.76. The van der Waals surface area contributed by atoms with Crippen LogP contribution in [0.2, 0.25) is 5.02 Å². The van der Waals surface area contributed by atoms with Crippen molar-refractivity contribution in [3.63, 3.8) is 0 Å². The standard InChI is InChI=1S/C23H18BrClN2O3/c24-14-6-7-20(28)16(10-14)19-11-18(13-5-8-21-22(9-13)30-12-29-21)26-23(27-19)15-3-1-2-4-17(15)25/h1-10,19,23,27-28H,11-12H2. The lowest BCUT2D eigenvalue weighted by molar-refractivity contribution is 0.174. The number of halogens is 2. The van der Waals surface area contributed by atoms with Gasteiger partial charge in [0.15, 0.2) is 11.5 Å². The van der Waals surface area contributed by atoms with Gasteiger partial charge in [0, 0.05) is 38.8 Å². The van der Waals surface area contributed by atoms with Gasteiger partial charge < -0.3 is 14.6 Å². The summed E-state index contributed by atoms with van der Waals surface area (Å²) in [5.41, 5.74) is 3.55. The van der Waals surface area contributed by atoms with Crippen LogP contribution in [0.4, 0.5) is 0 Å². The van der Waals surface area contributed by atoms with Crippen LogP contribution in [0.1, 0.15) is 35.3 Å². The van der Waals surface area contributed by atoms with E-state index in [0.29, 0.717) is 17.2 Å². The molecule has 5 rings (SSSR count). The second kappa shape index (κ2) is 7.95. The summed E-state index contributed by atoms with van der Waals surface area (Å²) in [6.07, 6.45) is 0.251. The van der Waals surface area contributed by atoms with E-state index in [1.165, 1.54) is 0 Å².